The smallest absolute Gasteiger partial charge is 0.249 e. The van der Waals surface area contributed by atoms with Crippen LogP contribution in [-0.2, 0) is 11.3 Å². The highest BCUT2D eigenvalue weighted by molar-refractivity contribution is 5.78. The van der Waals surface area contributed by atoms with E-state index in [1.165, 1.54) is 17.7 Å². The number of aromatic nitrogens is 2. The van der Waals surface area contributed by atoms with E-state index in [1.807, 2.05) is 12.1 Å². The normalized spacial score (nSPS) is 16.9. The minimum atomic E-state index is -0.293. The van der Waals surface area contributed by atoms with Crippen molar-refractivity contribution in [2.75, 3.05) is 0 Å². The molecule has 0 radical (unpaired) electrons. The van der Waals surface area contributed by atoms with Crippen molar-refractivity contribution in [3.63, 3.8) is 0 Å². The minimum Gasteiger partial charge on any atom is -0.337 e. The Labute approximate surface area is 163 Å². The second-order valence-corrected chi connectivity index (χ2v) is 7.44. The molecular formula is C22H22FN3O2. The maximum Gasteiger partial charge on any atom is 0.249 e. The third kappa shape index (κ3) is 3.67. The van der Waals surface area contributed by atoms with Gasteiger partial charge < -0.3 is 9.42 Å². The fourth-order valence-corrected chi connectivity index (χ4v) is 3.48. The van der Waals surface area contributed by atoms with Crippen LogP contribution in [0.25, 0.3) is 11.4 Å². The first-order valence-electron chi connectivity index (χ1n) is 9.49. The molecule has 0 bridgehead atoms. The fourth-order valence-electron chi connectivity index (χ4n) is 3.48. The zero-order valence-electron chi connectivity index (χ0n) is 15.9. The van der Waals surface area contributed by atoms with Gasteiger partial charge in [-0.05, 0) is 35.6 Å². The van der Waals surface area contributed by atoms with Crippen molar-refractivity contribution in [1.82, 2.24) is 15.0 Å². The lowest BCUT2D eigenvalue weighted by molar-refractivity contribution is -0.129. The summed E-state index contributed by atoms with van der Waals surface area (Å²) in [5.74, 6) is 1.16. The molecule has 1 unspecified atom stereocenters. The number of hydrogen-bond donors (Lipinski definition) is 0. The molecule has 1 fully saturated rings. The van der Waals surface area contributed by atoms with E-state index in [1.54, 1.807) is 17.0 Å². The van der Waals surface area contributed by atoms with Gasteiger partial charge in [0.15, 0.2) is 0 Å². The van der Waals surface area contributed by atoms with Crippen LogP contribution in [-0.4, -0.2) is 20.9 Å². The Morgan fingerprint density at radius 3 is 2.54 bits per heavy atom. The molecule has 0 aliphatic carbocycles. The molecule has 6 heteroatoms. The number of rotatable bonds is 5. The summed E-state index contributed by atoms with van der Waals surface area (Å²) in [7, 11) is 0. The highest BCUT2D eigenvalue weighted by Crippen LogP contribution is 2.34. The molecule has 1 aliphatic heterocycles. The van der Waals surface area contributed by atoms with Gasteiger partial charge in [-0.3, -0.25) is 4.79 Å². The summed E-state index contributed by atoms with van der Waals surface area (Å²) in [4.78, 5) is 18.6. The molecule has 3 aromatic rings. The Morgan fingerprint density at radius 2 is 1.86 bits per heavy atom. The van der Waals surface area contributed by atoms with Crippen LogP contribution in [0.5, 0.6) is 0 Å². The average Bonchev–Trinajstić information content (AvgIpc) is 3.31. The van der Waals surface area contributed by atoms with Gasteiger partial charge in [-0.25, -0.2) is 4.39 Å². The molecule has 28 heavy (non-hydrogen) atoms. The highest BCUT2D eigenvalue weighted by atomic mass is 19.1. The van der Waals surface area contributed by atoms with Crippen molar-refractivity contribution < 1.29 is 13.7 Å². The van der Waals surface area contributed by atoms with Gasteiger partial charge in [-0.1, -0.05) is 55.4 Å². The van der Waals surface area contributed by atoms with E-state index in [4.69, 9.17) is 4.52 Å². The number of likely N-dealkylation sites (tertiary alicyclic amines) is 1. The molecule has 5 nitrogen and oxygen atoms in total. The van der Waals surface area contributed by atoms with Crippen LogP contribution < -0.4 is 0 Å². The number of amides is 1. The number of hydrogen-bond acceptors (Lipinski definition) is 4. The van der Waals surface area contributed by atoms with Gasteiger partial charge in [0.05, 0.1) is 0 Å². The molecule has 1 aromatic heterocycles. The second kappa shape index (κ2) is 7.54. The Balaban J connectivity index is 1.54. The van der Waals surface area contributed by atoms with Crippen molar-refractivity contribution in [2.24, 2.45) is 0 Å². The van der Waals surface area contributed by atoms with Crippen molar-refractivity contribution in [3.05, 3.63) is 71.4 Å². The summed E-state index contributed by atoms with van der Waals surface area (Å²) in [6.45, 7) is 4.69. The largest absolute Gasteiger partial charge is 0.337 e. The topological polar surface area (TPSA) is 59.2 Å². The van der Waals surface area contributed by atoms with Gasteiger partial charge in [0.2, 0.25) is 17.6 Å². The summed E-state index contributed by atoms with van der Waals surface area (Å²) in [6, 6.07) is 14.0. The Hall–Kier alpha value is -3.02. The Kier molecular flexibility index (Phi) is 4.94. The molecule has 0 N–H and O–H groups in total. The third-order valence-electron chi connectivity index (χ3n) is 5.16. The van der Waals surface area contributed by atoms with E-state index in [2.05, 4.69) is 36.1 Å². The first-order valence-corrected chi connectivity index (χ1v) is 9.49. The van der Waals surface area contributed by atoms with Gasteiger partial charge in [0.1, 0.15) is 11.9 Å². The lowest BCUT2D eigenvalue weighted by Gasteiger charge is -2.22. The Morgan fingerprint density at radius 1 is 1.14 bits per heavy atom. The van der Waals surface area contributed by atoms with Crippen LogP contribution in [0.4, 0.5) is 4.39 Å². The first-order chi connectivity index (χ1) is 13.5. The van der Waals surface area contributed by atoms with Crippen molar-refractivity contribution in [2.45, 2.75) is 45.2 Å². The molecule has 4 rings (SSSR count). The predicted molar refractivity (Wildman–Crippen MR) is 103 cm³/mol. The summed E-state index contributed by atoms with van der Waals surface area (Å²) in [5, 5.41) is 4.11. The second-order valence-electron chi connectivity index (χ2n) is 7.44. The van der Waals surface area contributed by atoms with Crippen molar-refractivity contribution >= 4 is 5.91 Å². The van der Waals surface area contributed by atoms with Crippen molar-refractivity contribution in [3.8, 4) is 11.4 Å². The number of halogens is 1. The highest BCUT2D eigenvalue weighted by Gasteiger charge is 2.36. The summed E-state index contributed by atoms with van der Waals surface area (Å²) in [6.07, 6.45) is 1.07. The van der Waals surface area contributed by atoms with Crippen molar-refractivity contribution in [1.29, 1.82) is 0 Å². The van der Waals surface area contributed by atoms with E-state index in [-0.39, 0.29) is 17.8 Å². The predicted octanol–water partition coefficient (Wildman–Crippen LogP) is 4.86. The maximum atomic E-state index is 13.1. The van der Waals surface area contributed by atoms with Crippen LogP contribution in [0, 0.1) is 5.82 Å². The molecule has 1 saturated heterocycles. The van der Waals surface area contributed by atoms with E-state index >= 15 is 0 Å². The number of nitrogens with zero attached hydrogens (tertiary/aromatic N) is 3. The van der Waals surface area contributed by atoms with E-state index in [9.17, 15) is 9.18 Å². The molecule has 2 aromatic carbocycles. The first kappa shape index (κ1) is 18.3. The monoisotopic (exact) mass is 379 g/mol. The molecular weight excluding hydrogens is 357 g/mol. The van der Waals surface area contributed by atoms with E-state index in [0.29, 0.717) is 37.0 Å². The standard InChI is InChI=1S/C22H22FN3O2/c1-14(2)16-5-7-17(8-6-16)21-24-22(28-25-21)19-11-12-20(27)26(19)13-15-3-9-18(23)10-4-15/h3-10,14,19H,11-13H2,1-2H3. The zero-order chi connectivity index (χ0) is 19.7. The molecule has 1 atom stereocenters. The van der Waals surface area contributed by atoms with Crippen LogP contribution in [0.15, 0.2) is 53.1 Å². The minimum absolute atomic E-state index is 0.0374. The fraction of sp³-hybridized carbons (Fsp3) is 0.318. The quantitative estimate of drug-likeness (QED) is 0.635. The summed E-state index contributed by atoms with van der Waals surface area (Å²) in [5.41, 5.74) is 3.00. The molecule has 2 heterocycles. The van der Waals surface area contributed by atoms with E-state index in [0.717, 1.165) is 11.1 Å². The summed E-state index contributed by atoms with van der Waals surface area (Å²) >= 11 is 0. The number of carbonyl (C=O) groups is 1. The van der Waals surface area contributed by atoms with Crippen LogP contribution in [0.1, 0.15) is 55.7 Å². The van der Waals surface area contributed by atoms with Gasteiger partial charge in [-0.2, -0.15) is 4.98 Å². The molecule has 0 saturated carbocycles. The third-order valence-corrected chi connectivity index (χ3v) is 5.16. The van der Waals surface area contributed by atoms with Gasteiger partial charge in [0.25, 0.3) is 0 Å². The van der Waals surface area contributed by atoms with Crippen LogP contribution in [0.2, 0.25) is 0 Å². The molecule has 144 valence electrons. The lowest BCUT2D eigenvalue weighted by atomic mass is 10.0. The van der Waals surface area contributed by atoms with Crippen LogP contribution >= 0.6 is 0 Å². The zero-order valence-corrected chi connectivity index (χ0v) is 15.9. The SMILES string of the molecule is CC(C)c1ccc(-c2noc(C3CCC(=O)N3Cc3ccc(F)cc3)n2)cc1. The van der Waals surface area contributed by atoms with Crippen LogP contribution in [0.3, 0.4) is 0 Å². The number of carbonyl (C=O) groups excluding carboxylic acids is 1. The van der Waals surface area contributed by atoms with Gasteiger partial charge >= 0.3 is 0 Å². The van der Waals surface area contributed by atoms with E-state index < -0.39 is 0 Å². The average molecular weight is 379 g/mol. The number of benzene rings is 2. The molecule has 1 aliphatic rings. The molecule has 0 spiro atoms. The van der Waals surface area contributed by atoms with Gasteiger partial charge in [0, 0.05) is 18.5 Å². The molecule has 1 amide bonds. The Bertz CT molecular complexity index is 964. The lowest BCUT2D eigenvalue weighted by Crippen LogP contribution is -2.27. The maximum absolute atomic E-state index is 13.1. The van der Waals surface area contributed by atoms with Gasteiger partial charge in [-0.15, -0.1) is 0 Å². The summed E-state index contributed by atoms with van der Waals surface area (Å²) < 4.78 is 18.6.